The van der Waals surface area contributed by atoms with Crippen molar-refractivity contribution < 1.29 is 9.59 Å². The van der Waals surface area contributed by atoms with Crippen LogP contribution >= 0.6 is 11.8 Å². The molecule has 144 valence electrons. The highest BCUT2D eigenvalue weighted by Gasteiger charge is 2.16. The molecule has 2 rings (SSSR count). The molecule has 4 heteroatoms. The summed E-state index contributed by atoms with van der Waals surface area (Å²) in [6.07, 6.45) is 0. The molecule has 0 aliphatic heterocycles. The summed E-state index contributed by atoms with van der Waals surface area (Å²) in [5, 5.41) is 2.49. The zero-order valence-electron chi connectivity index (χ0n) is 17.3. The molecule has 3 nitrogen and oxygen atoms in total. The van der Waals surface area contributed by atoms with Gasteiger partial charge in [-0.05, 0) is 73.1 Å². The molecule has 0 unspecified atom stereocenters. The zero-order valence-corrected chi connectivity index (χ0v) is 18.1. The molecule has 0 saturated heterocycles. The summed E-state index contributed by atoms with van der Waals surface area (Å²) in [7, 11) is 0. The van der Waals surface area contributed by atoms with Crippen LogP contribution in [0.15, 0.2) is 35.2 Å². The van der Waals surface area contributed by atoms with Crippen molar-refractivity contribution in [3.8, 4) is 0 Å². The van der Waals surface area contributed by atoms with E-state index in [2.05, 4.69) is 59.8 Å². The summed E-state index contributed by atoms with van der Waals surface area (Å²) in [5.74, 6) is -0.408. The van der Waals surface area contributed by atoms with Crippen LogP contribution in [0.4, 0.5) is 0 Å². The molecule has 0 spiro atoms. The van der Waals surface area contributed by atoms with Gasteiger partial charge >= 0.3 is 0 Å². The lowest BCUT2D eigenvalue weighted by Crippen LogP contribution is -2.31. The summed E-state index contributed by atoms with van der Waals surface area (Å²) in [6.45, 7) is 14.7. The molecule has 1 N–H and O–H groups in total. The largest absolute Gasteiger partial charge is 0.292 e. The van der Waals surface area contributed by atoms with E-state index in [1.807, 2.05) is 12.1 Å². The molecule has 0 aliphatic rings. The van der Waals surface area contributed by atoms with E-state index in [9.17, 15) is 9.59 Å². The van der Waals surface area contributed by atoms with Crippen LogP contribution in [0.3, 0.4) is 0 Å². The van der Waals surface area contributed by atoms with E-state index in [4.69, 9.17) is 0 Å². The first-order chi connectivity index (χ1) is 12.5. The molecule has 0 radical (unpaired) electrons. The smallest absolute Gasteiger partial charge is 0.257 e. The van der Waals surface area contributed by atoms with Crippen LogP contribution in [0.1, 0.15) is 58.9 Å². The second kappa shape index (κ2) is 8.30. The third kappa shape index (κ3) is 5.23. The molecule has 2 amide bonds. The molecule has 2 aromatic carbocycles. The Morgan fingerprint density at radius 1 is 0.926 bits per heavy atom. The highest BCUT2D eigenvalue weighted by atomic mass is 32.2. The van der Waals surface area contributed by atoms with Crippen LogP contribution < -0.4 is 5.32 Å². The molecule has 2 aromatic rings. The van der Waals surface area contributed by atoms with Crippen LogP contribution in [-0.4, -0.2) is 17.6 Å². The molecule has 0 heterocycles. The summed E-state index contributed by atoms with van der Waals surface area (Å²) >= 11 is 1.49. The van der Waals surface area contributed by atoms with Crippen molar-refractivity contribution >= 4 is 23.6 Å². The lowest BCUT2D eigenvalue weighted by atomic mass is 9.87. The van der Waals surface area contributed by atoms with Gasteiger partial charge in [-0.15, -0.1) is 11.8 Å². The Bertz CT molecular complexity index is 835. The summed E-state index contributed by atoms with van der Waals surface area (Å²) in [6, 6.07) is 9.59. The molecule has 0 aliphatic carbocycles. The number of imide groups is 1. The highest BCUT2D eigenvalue weighted by molar-refractivity contribution is 8.00. The van der Waals surface area contributed by atoms with E-state index in [1.165, 1.54) is 34.0 Å². The normalized spacial score (nSPS) is 11.4. The number of benzene rings is 2. The summed E-state index contributed by atoms with van der Waals surface area (Å²) < 4.78 is 0. The number of hydrogen-bond donors (Lipinski definition) is 1. The molecule has 0 saturated carbocycles. The van der Waals surface area contributed by atoms with E-state index in [-0.39, 0.29) is 23.0 Å². The number of carbonyl (C=O) groups excluding carboxylic acids is 2. The van der Waals surface area contributed by atoms with Crippen LogP contribution in [0.5, 0.6) is 0 Å². The van der Waals surface area contributed by atoms with Gasteiger partial charge in [0.25, 0.3) is 5.91 Å². The van der Waals surface area contributed by atoms with Crippen LogP contribution in [0.2, 0.25) is 0 Å². The van der Waals surface area contributed by atoms with E-state index in [0.29, 0.717) is 5.56 Å². The minimum Gasteiger partial charge on any atom is -0.292 e. The fraction of sp³-hybridized carbons (Fsp3) is 0.391. The number of thioether (sulfide) groups is 1. The van der Waals surface area contributed by atoms with Gasteiger partial charge in [-0.2, -0.15) is 0 Å². The minimum atomic E-state index is -0.352. The Morgan fingerprint density at radius 3 is 1.93 bits per heavy atom. The van der Waals surface area contributed by atoms with Gasteiger partial charge in [0.05, 0.1) is 5.75 Å². The lowest BCUT2D eigenvalue weighted by Gasteiger charge is -2.19. The minimum absolute atomic E-state index is 0.0309. The predicted molar refractivity (Wildman–Crippen MR) is 114 cm³/mol. The second-order valence-electron chi connectivity index (χ2n) is 8.08. The van der Waals surface area contributed by atoms with Gasteiger partial charge in [-0.25, -0.2) is 0 Å². The fourth-order valence-corrected chi connectivity index (χ4v) is 3.99. The van der Waals surface area contributed by atoms with Gasteiger partial charge < -0.3 is 0 Å². The molecule has 27 heavy (non-hydrogen) atoms. The van der Waals surface area contributed by atoms with E-state index >= 15 is 0 Å². The number of carbonyl (C=O) groups is 2. The van der Waals surface area contributed by atoms with Gasteiger partial charge in [-0.3, -0.25) is 14.9 Å². The number of hydrogen-bond acceptors (Lipinski definition) is 3. The fourth-order valence-electron chi connectivity index (χ4n) is 2.89. The number of amides is 2. The third-order valence-electron chi connectivity index (χ3n) is 4.91. The first-order valence-electron chi connectivity index (χ1n) is 9.15. The van der Waals surface area contributed by atoms with Crippen molar-refractivity contribution in [1.29, 1.82) is 0 Å². The Balaban J connectivity index is 2.01. The maximum Gasteiger partial charge on any atom is 0.257 e. The van der Waals surface area contributed by atoms with E-state index in [1.54, 1.807) is 12.1 Å². The van der Waals surface area contributed by atoms with Crippen LogP contribution in [0, 0.1) is 27.7 Å². The lowest BCUT2D eigenvalue weighted by molar-refractivity contribution is -0.117. The van der Waals surface area contributed by atoms with Gasteiger partial charge in [0.15, 0.2) is 0 Å². The van der Waals surface area contributed by atoms with Crippen LogP contribution in [-0.2, 0) is 10.2 Å². The Morgan fingerprint density at radius 2 is 1.44 bits per heavy atom. The second-order valence-corrected chi connectivity index (χ2v) is 9.07. The average Bonchev–Trinajstić information content (AvgIpc) is 2.59. The quantitative estimate of drug-likeness (QED) is 0.732. The summed E-state index contributed by atoms with van der Waals surface area (Å²) in [4.78, 5) is 25.7. The van der Waals surface area contributed by atoms with Crippen molar-refractivity contribution in [2.45, 2.75) is 58.8 Å². The van der Waals surface area contributed by atoms with E-state index < -0.39 is 0 Å². The Hall–Kier alpha value is -2.07. The van der Waals surface area contributed by atoms with Gasteiger partial charge in [0.1, 0.15) is 0 Å². The van der Waals surface area contributed by atoms with Crippen molar-refractivity contribution in [1.82, 2.24) is 5.32 Å². The number of nitrogens with one attached hydrogen (secondary N) is 1. The maximum atomic E-state index is 12.3. The van der Waals surface area contributed by atoms with Crippen molar-refractivity contribution in [3.05, 3.63) is 63.7 Å². The van der Waals surface area contributed by atoms with Gasteiger partial charge in [0, 0.05) is 10.5 Å². The number of aryl methyl sites for hydroxylation is 2. The first-order valence-corrected chi connectivity index (χ1v) is 10.1. The van der Waals surface area contributed by atoms with Gasteiger partial charge in [0.2, 0.25) is 5.91 Å². The molecule has 0 bridgehead atoms. The summed E-state index contributed by atoms with van der Waals surface area (Å²) in [5.41, 5.74) is 6.51. The SMILES string of the molecule is Cc1cc(C)c(C)c(SCC(=O)NC(=O)c2ccc(C(C)(C)C)cc2)c1C. The maximum absolute atomic E-state index is 12.3. The monoisotopic (exact) mass is 383 g/mol. The van der Waals surface area contributed by atoms with Crippen molar-refractivity contribution in [3.63, 3.8) is 0 Å². The average molecular weight is 384 g/mol. The topological polar surface area (TPSA) is 46.2 Å². The highest BCUT2D eigenvalue weighted by Crippen LogP contribution is 2.30. The molecule has 0 aromatic heterocycles. The molecular formula is C23H29NO2S. The predicted octanol–water partition coefficient (Wildman–Crippen LogP) is 5.27. The van der Waals surface area contributed by atoms with Gasteiger partial charge in [-0.1, -0.05) is 39.0 Å². The number of rotatable bonds is 4. The van der Waals surface area contributed by atoms with E-state index in [0.717, 1.165) is 10.5 Å². The van der Waals surface area contributed by atoms with Crippen molar-refractivity contribution in [2.24, 2.45) is 0 Å². The Kier molecular flexibility index (Phi) is 6.53. The van der Waals surface area contributed by atoms with Crippen molar-refractivity contribution in [2.75, 3.05) is 5.75 Å². The Labute approximate surface area is 166 Å². The first kappa shape index (κ1) is 21.2. The van der Waals surface area contributed by atoms with Crippen LogP contribution in [0.25, 0.3) is 0 Å². The molecule has 0 atom stereocenters. The molecule has 0 fully saturated rings. The zero-order chi connectivity index (χ0) is 20.4. The molecular weight excluding hydrogens is 354 g/mol. The third-order valence-corrected chi connectivity index (χ3v) is 6.22. The standard InChI is InChI=1S/C23H29NO2S/c1-14-12-15(2)17(4)21(16(14)3)27-13-20(25)24-22(26)18-8-10-19(11-9-18)23(5,6)7/h8-12H,13H2,1-7H3,(H,24,25,26).